The summed E-state index contributed by atoms with van der Waals surface area (Å²) in [5, 5.41) is 3.77. The Morgan fingerprint density at radius 3 is 2.29 bits per heavy atom. The van der Waals surface area contributed by atoms with E-state index >= 15 is 0 Å². The molecule has 1 rings (SSSR count). The SMILES string of the molecule is CCN(CC(C)C)C(C)CNC1CCCCC1. The molecule has 0 radical (unpaired) electrons. The summed E-state index contributed by atoms with van der Waals surface area (Å²) >= 11 is 0. The summed E-state index contributed by atoms with van der Waals surface area (Å²) < 4.78 is 0. The van der Waals surface area contributed by atoms with Crippen molar-refractivity contribution >= 4 is 0 Å². The van der Waals surface area contributed by atoms with Gasteiger partial charge in [-0.1, -0.05) is 40.0 Å². The van der Waals surface area contributed by atoms with E-state index in [4.69, 9.17) is 0 Å². The summed E-state index contributed by atoms with van der Waals surface area (Å²) in [6, 6.07) is 1.47. The van der Waals surface area contributed by atoms with Crippen LogP contribution in [0.4, 0.5) is 0 Å². The molecule has 102 valence electrons. The van der Waals surface area contributed by atoms with Crippen molar-refractivity contribution in [3.63, 3.8) is 0 Å². The molecule has 1 aliphatic rings. The molecular formula is C15H32N2. The lowest BCUT2D eigenvalue weighted by molar-refractivity contribution is 0.185. The first-order valence-electron chi connectivity index (χ1n) is 7.61. The van der Waals surface area contributed by atoms with Crippen LogP contribution in [0.3, 0.4) is 0 Å². The van der Waals surface area contributed by atoms with Crippen LogP contribution in [0.2, 0.25) is 0 Å². The fraction of sp³-hybridized carbons (Fsp3) is 1.00. The average Bonchev–Trinajstić information content (AvgIpc) is 2.34. The van der Waals surface area contributed by atoms with Crippen molar-refractivity contribution in [2.24, 2.45) is 5.92 Å². The smallest absolute Gasteiger partial charge is 0.0192 e. The minimum absolute atomic E-state index is 0.671. The number of likely N-dealkylation sites (N-methyl/N-ethyl adjacent to an activating group) is 1. The van der Waals surface area contributed by atoms with Crippen molar-refractivity contribution in [1.29, 1.82) is 0 Å². The second-order valence-corrected chi connectivity index (χ2v) is 6.07. The quantitative estimate of drug-likeness (QED) is 0.735. The van der Waals surface area contributed by atoms with E-state index in [2.05, 4.69) is 37.9 Å². The maximum absolute atomic E-state index is 3.77. The zero-order valence-electron chi connectivity index (χ0n) is 12.3. The Bertz CT molecular complexity index is 185. The fourth-order valence-corrected chi connectivity index (χ4v) is 2.86. The molecule has 0 aromatic rings. The monoisotopic (exact) mass is 240 g/mol. The summed E-state index contributed by atoms with van der Waals surface area (Å²) in [5.41, 5.74) is 0. The first kappa shape index (κ1) is 15.0. The van der Waals surface area contributed by atoms with Gasteiger partial charge in [0.05, 0.1) is 0 Å². The normalized spacial score (nSPS) is 20.1. The van der Waals surface area contributed by atoms with E-state index in [1.807, 2.05) is 0 Å². The van der Waals surface area contributed by atoms with Crippen molar-refractivity contribution < 1.29 is 0 Å². The Morgan fingerprint density at radius 1 is 1.12 bits per heavy atom. The second kappa shape index (κ2) is 8.10. The highest BCUT2D eigenvalue weighted by atomic mass is 15.2. The van der Waals surface area contributed by atoms with E-state index in [0.29, 0.717) is 6.04 Å². The third-order valence-corrected chi connectivity index (χ3v) is 3.94. The van der Waals surface area contributed by atoms with Gasteiger partial charge in [-0.25, -0.2) is 0 Å². The molecule has 0 aliphatic heterocycles. The van der Waals surface area contributed by atoms with Crippen LogP contribution in [-0.4, -0.2) is 36.6 Å². The summed E-state index contributed by atoms with van der Waals surface area (Å²) in [5.74, 6) is 0.770. The first-order valence-corrected chi connectivity index (χ1v) is 7.61. The number of rotatable bonds is 7. The summed E-state index contributed by atoms with van der Waals surface area (Å²) in [6.07, 6.45) is 7.08. The Balaban J connectivity index is 2.23. The molecule has 17 heavy (non-hydrogen) atoms. The lowest BCUT2D eigenvalue weighted by Gasteiger charge is -2.32. The standard InChI is InChI=1S/C15H32N2/c1-5-17(12-13(2)3)14(4)11-16-15-9-7-6-8-10-15/h13-16H,5-12H2,1-4H3. The number of hydrogen-bond donors (Lipinski definition) is 1. The molecule has 0 aromatic heterocycles. The summed E-state index contributed by atoms with van der Waals surface area (Å²) in [4.78, 5) is 2.60. The maximum atomic E-state index is 3.77. The predicted molar refractivity (Wildman–Crippen MR) is 76.4 cm³/mol. The second-order valence-electron chi connectivity index (χ2n) is 6.07. The van der Waals surface area contributed by atoms with Gasteiger partial charge in [-0.05, 0) is 32.2 Å². The van der Waals surface area contributed by atoms with Gasteiger partial charge < -0.3 is 5.32 Å². The zero-order valence-corrected chi connectivity index (χ0v) is 12.3. The molecule has 0 saturated heterocycles. The number of nitrogens with zero attached hydrogens (tertiary/aromatic N) is 1. The largest absolute Gasteiger partial charge is 0.312 e. The lowest BCUT2D eigenvalue weighted by Crippen LogP contribution is -2.45. The van der Waals surface area contributed by atoms with E-state index in [1.54, 1.807) is 0 Å². The van der Waals surface area contributed by atoms with E-state index < -0.39 is 0 Å². The maximum Gasteiger partial charge on any atom is 0.0192 e. The lowest BCUT2D eigenvalue weighted by atomic mass is 9.95. The highest BCUT2D eigenvalue weighted by molar-refractivity contribution is 4.76. The fourth-order valence-electron chi connectivity index (χ4n) is 2.86. The molecule has 1 atom stereocenters. The molecule has 1 aliphatic carbocycles. The molecule has 1 N–H and O–H groups in total. The van der Waals surface area contributed by atoms with E-state index in [0.717, 1.165) is 18.5 Å². The Hall–Kier alpha value is -0.0800. The number of hydrogen-bond acceptors (Lipinski definition) is 2. The van der Waals surface area contributed by atoms with Crippen LogP contribution in [0, 0.1) is 5.92 Å². The van der Waals surface area contributed by atoms with Crippen molar-refractivity contribution in [2.45, 2.75) is 71.9 Å². The highest BCUT2D eigenvalue weighted by Crippen LogP contribution is 2.17. The van der Waals surface area contributed by atoms with Gasteiger partial charge in [0.1, 0.15) is 0 Å². The number of nitrogens with one attached hydrogen (secondary N) is 1. The van der Waals surface area contributed by atoms with Crippen LogP contribution in [-0.2, 0) is 0 Å². The minimum atomic E-state index is 0.671. The third kappa shape index (κ3) is 5.87. The molecule has 0 aromatic carbocycles. The van der Waals surface area contributed by atoms with Crippen LogP contribution in [0.5, 0.6) is 0 Å². The van der Waals surface area contributed by atoms with E-state index in [9.17, 15) is 0 Å². The van der Waals surface area contributed by atoms with Crippen LogP contribution in [0.25, 0.3) is 0 Å². The van der Waals surface area contributed by atoms with Crippen LogP contribution >= 0.6 is 0 Å². The molecule has 0 heterocycles. The molecule has 2 heteroatoms. The zero-order chi connectivity index (χ0) is 12.7. The average molecular weight is 240 g/mol. The first-order chi connectivity index (χ1) is 8.13. The van der Waals surface area contributed by atoms with Crippen LogP contribution in [0.15, 0.2) is 0 Å². The molecule has 1 fully saturated rings. The van der Waals surface area contributed by atoms with Gasteiger partial charge in [-0.3, -0.25) is 4.90 Å². The minimum Gasteiger partial charge on any atom is -0.312 e. The topological polar surface area (TPSA) is 15.3 Å². The molecule has 2 nitrogen and oxygen atoms in total. The third-order valence-electron chi connectivity index (χ3n) is 3.94. The van der Waals surface area contributed by atoms with Crippen molar-refractivity contribution in [1.82, 2.24) is 10.2 Å². The Morgan fingerprint density at radius 2 is 1.76 bits per heavy atom. The van der Waals surface area contributed by atoms with Gasteiger partial charge >= 0.3 is 0 Å². The van der Waals surface area contributed by atoms with Crippen molar-refractivity contribution in [3.8, 4) is 0 Å². The van der Waals surface area contributed by atoms with Gasteiger partial charge in [-0.2, -0.15) is 0 Å². The van der Waals surface area contributed by atoms with Crippen molar-refractivity contribution in [3.05, 3.63) is 0 Å². The van der Waals surface area contributed by atoms with Gasteiger partial charge in [0, 0.05) is 25.2 Å². The molecular weight excluding hydrogens is 208 g/mol. The molecule has 0 spiro atoms. The predicted octanol–water partition coefficient (Wildman–Crippen LogP) is 3.28. The molecule has 1 saturated carbocycles. The molecule has 0 amide bonds. The Labute approximate surface area is 108 Å². The van der Waals surface area contributed by atoms with Gasteiger partial charge in [-0.15, -0.1) is 0 Å². The highest BCUT2D eigenvalue weighted by Gasteiger charge is 2.17. The van der Waals surface area contributed by atoms with Crippen LogP contribution < -0.4 is 5.32 Å². The van der Waals surface area contributed by atoms with E-state index in [1.165, 1.54) is 45.2 Å². The van der Waals surface area contributed by atoms with Crippen LogP contribution in [0.1, 0.15) is 59.8 Å². The molecule has 1 unspecified atom stereocenters. The molecule has 0 bridgehead atoms. The van der Waals surface area contributed by atoms with Gasteiger partial charge in [0.25, 0.3) is 0 Å². The van der Waals surface area contributed by atoms with Crippen molar-refractivity contribution in [2.75, 3.05) is 19.6 Å². The van der Waals surface area contributed by atoms with Gasteiger partial charge in [0.15, 0.2) is 0 Å². The Kier molecular flexibility index (Phi) is 7.14. The summed E-state index contributed by atoms with van der Waals surface area (Å²) in [7, 11) is 0. The summed E-state index contributed by atoms with van der Waals surface area (Å²) in [6.45, 7) is 12.8. The van der Waals surface area contributed by atoms with Gasteiger partial charge in [0.2, 0.25) is 0 Å². The van der Waals surface area contributed by atoms with E-state index in [-0.39, 0.29) is 0 Å².